The maximum Gasteiger partial charge on any atom is 0.270 e. The van der Waals surface area contributed by atoms with Crippen LogP contribution in [0.3, 0.4) is 0 Å². The van der Waals surface area contributed by atoms with Gasteiger partial charge in [0.15, 0.2) is 0 Å². The van der Waals surface area contributed by atoms with Gasteiger partial charge in [0.05, 0.1) is 12.0 Å². The summed E-state index contributed by atoms with van der Waals surface area (Å²) in [5, 5.41) is 21.2. The topological polar surface area (TPSA) is 109 Å². The van der Waals surface area contributed by atoms with Crippen molar-refractivity contribution in [2.75, 3.05) is 7.11 Å². The lowest BCUT2D eigenvalue weighted by Gasteiger charge is -2.03. The molecule has 134 valence electrons. The highest BCUT2D eigenvalue weighted by molar-refractivity contribution is 6.32. The van der Waals surface area contributed by atoms with E-state index in [1.54, 1.807) is 18.2 Å². The number of nitro benzene ring substituents is 1. The fourth-order valence-electron chi connectivity index (χ4n) is 2.62. The molecule has 0 spiro atoms. The predicted molar refractivity (Wildman–Crippen MR) is 101 cm³/mol. The highest BCUT2D eigenvalue weighted by Crippen LogP contribution is 2.28. The summed E-state index contributed by atoms with van der Waals surface area (Å²) in [7, 11) is 1.51. The number of rotatable bonds is 5. The van der Waals surface area contributed by atoms with Gasteiger partial charge < -0.3 is 9.72 Å². The van der Waals surface area contributed by atoms with Gasteiger partial charge in [-0.05, 0) is 30.3 Å². The first-order valence-corrected chi connectivity index (χ1v) is 8.08. The second-order valence-electron chi connectivity index (χ2n) is 5.58. The van der Waals surface area contributed by atoms with Gasteiger partial charge in [-0.15, -0.1) is 0 Å². The molecular weight excluding hydrogens is 370 g/mol. The Hall–Kier alpha value is -3.63. The minimum absolute atomic E-state index is 0.188. The lowest BCUT2D eigenvalue weighted by atomic mass is 10.0. The first-order chi connectivity index (χ1) is 12.9. The molecule has 1 N–H and O–H groups in total. The third-order valence-electron chi connectivity index (χ3n) is 3.99. The quantitative estimate of drug-likeness (QED) is 0.229. The Labute approximate surface area is 158 Å². The molecule has 3 rings (SSSR count). The number of ether oxygens (including phenoxy) is 1. The molecule has 3 aromatic rings. The summed E-state index contributed by atoms with van der Waals surface area (Å²) < 4.78 is 5.17. The summed E-state index contributed by atoms with van der Waals surface area (Å²) in [4.78, 5) is 26.2. The van der Waals surface area contributed by atoms with Crippen molar-refractivity contribution in [1.82, 2.24) is 4.98 Å². The Kier molecular flexibility index (Phi) is 4.92. The molecule has 0 radical (unpaired) electrons. The largest absolute Gasteiger partial charge is 0.497 e. The van der Waals surface area contributed by atoms with Gasteiger partial charge in [0, 0.05) is 45.4 Å². The van der Waals surface area contributed by atoms with Crippen molar-refractivity contribution in [2.24, 2.45) is 0 Å². The summed E-state index contributed by atoms with van der Waals surface area (Å²) in [6.07, 6.45) is 2.75. The van der Waals surface area contributed by atoms with Crippen LogP contribution in [0.1, 0.15) is 15.9 Å². The second kappa shape index (κ2) is 7.32. The molecule has 0 amide bonds. The highest BCUT2D eigenvalue weighted by atomic mass is 35.5. The first kappa shape index (κ1) is 18.2. The summed E-state index contributed by atoms with van der Waals surface area (Å²) in [6.45, 7) is 0. The smallest absolute Gasteiger partial charge is 0.270 e. The molecule has 8 heteroatoms. The van der Waals surface area contributed by atoms with Crippen molar-refractivity contribution in [3.63, 3.8) is 0 Å². The number of hydrogen-bond acceptors (Lipinski definition) is 5. The highest BCUT2D eigenvalue weighted by Gasteiger charge is 2.18. The summed E-state index contributed by atoms with van der Waals surface area (Å²) in [6, 6.07) is 10.9. The van der Waals surface area contributed by atoms with E-state index in [2.05, 4.69) is 4.98 Å². The van der Waals surface area contributed by atoms with E-state index in [9.17, 15) is 20.2 Å². The summed E-state index contributed by atoms with van der Waals surface area (Å²) in [5.41, 5.74) is 0.838. The number of allylic oxidation sites excluding steroid dienone is 1. The number of methoxy groups -OCH3 is 1. The number of carbonyl (C=O) groups excluding carboxylic acids is 1. The number of non-ortho nitro benzene ring substituents is 1. The molecule has 0 fully saturated rings. The average Bonchev–Trinajstić information content (AvgIpc) is 3.09. The number of nitro groups is 1. The van der Waals surface area contributed by atoms with Crippen molar-refractivity contribution < 1.29 is 14.5 Å². The van der Waals surface area contributed by atoms with Gasteiger partial charge in [0.1, 0.15) is 17.4 Å². The van der Waals surface area contributed by atoms with E-state index < -0.39 is 10.7 Å². The number of ketones is 1. The number of nitrogens with zero attached hydrogens (tertiary/aromatic N) is 2. The maximum atomic E-state index is 12.9. The molecule has 0 aliphatic rings. The van der Waals surface area contributed by atoms with Crippen molar-refractivity contribution in [3.8, 4) is 11.8 Å². The molecule has 0 bridgehead atoms. The van der Waals surface area contributed by atoms with Crippen molar-refractivity contribution in [2.45, 2.75) is 0 Å². The number of nitriles is 1. The number of fused-ring (bicyclic) bond motifs is 1. The van der Waals surface area contributed by atoms with Gasteiger partial charge in [0.2, 0.25) is 5.78 Å². The van der Waals surface area contributed by atoms with Crippen LogP contribution in [0.4, 0.5) is 5.69 Å². The third kappa shape index (κ3) is 3.52. The number of aromatic amines is 1. The van der Waals surface area contributed by atoms with E-state index >= 15 is 0 Å². The zero-order valence-corrected chi connectivity index (χ0v) is 14.8. The SMILES string of the molecule is COc1ccc2[nH]cc(C(=O)/C(C#N)=C/c3cc([N+](=O)[O-])ccc3Cl)c2c1. The molecule has 2 aromatic carbocycles. The fourth-order valence-corrected chi connectivity index (χ4v) is 2.79. The predicted octanol–water partition coefficient (Wildman–Crippen LogP) is 4.53. The number of aromatic nitrogens is 1. The molecule has 0 saturated carbocycles. The lowest BCUT2D eigenvalue weighted by Crippen LogP contribution is -2.01. The number of hydrogen-bond donors (Lipinski definition) is 1. The van der Waals surface area contributed by atoms with Gasteiger partial charge in [-0.2, -0.15) is 5.26 Å². The maximum absolute atomic E-state index is 12.9. The lowest BCUT2D eigenvalue weighted by molar-refractivity contribution is -0.384. The zero-order chi connectivity index (χ0) is 19.6. The monoisotopic (exact) mass is 381 g/mol. The van der Waals surface area contributed by atoms with Gasteiger partial charge in [0.25, 0.3) is 5.69 Å². The van der Waals surface area contributed by atoms with Gasteiger partial charge in [-0.25, -0.2) is 0 Å². The standard InChI is InChI=1S/C19H12ClN3O4/c1-27-14-3-5-18-15(8-14)16(10-22-18)19(24)12(9-21)6-11-7-13(23(25)26)2-4-17(11)20/h2-8,10,22H,1H3/b12-6+. The molecule has 0 aliphatic carbocycles. The van der Waals surface area contributed by atoms with Crippen LogP contribution in [-0.2, 0) is 0 Å². The molecule has 7 nitrogen and oxygen atoms in total. The second-order valence-corrected chi connectivity index (χ2v) is 5.98. The van der Waals surface area contributed by atoms with E-state index in [1.165, 1.54) is 37.6 Å². The molecule has 1 heterocycles. The zero-order valence-electron chi connectivity index (χ0n) is 14.0. The first-order valence-electron chi connectivity index (χ1n) is 7.70. The number of nitrogens with one attached hydrogen (secondary N) is 1. The normalized spacial score (nSPS) is 11.2. The molecule has 0 unspecified atom stereocenters. The number of halogens is 1. The number of H-pyrrole nitrogens is 1. The molecule has 27 heavy (non-hydrogen) atoms. The fraction of sp³-hybridized carbons (Fsp3) is 0.0526. The number of carbonyl (C=O) groups is 1. The Morgan fingerprint density at radius 2 is 2.11 bits per heavy atom. The van der Waals surface area contributed by atoms with E-state index in [1.807, 2.05) is 6.07 Å². The Morgan fingerprint density at radius 1 is 1.33 bits per heavy atom. The van der Waals surface area contributed by atoms with Crippen LogP contribution in [0, 0.1) is 21.4 Å². The van der Waals surface area contributed by atoms with Crippen LogP contribution in [0.5, 0.6) is 5.75 Å². The average molecular weight is 382 g/mol. The minimum Gasteiger partial charge on any atom is -0.497 e. The van der Waals surface area contributed by atoms with Crippen LogP contribution in [0.15, 0.2) is 48.2 Å². The Morgan fingerprint density at radius 3 is 2.78 bits per heavy atom. The van der Waals surface area contributed by atoms with Crippen LogP contribution in [0.25, 0.3) is 17.0 Å². The summed E-state index contributed by atoms with van der Waals surface area (Å²) >= 11 is 6.06. The van der Waals surface area contributed by atoms with Crippen LogP contribution in [-0.4, -0.2) is 22.8 Å². The minimum atomic E-state index is -0.576. The van der Waals surface area contributed by atoms with Crippen molar-refractivity contribution in [1.29, 1.82) is 5.26 Å². The van der Waals surface area contributed by atoms with E-state index in [0.29, 0.717) is 22.2 Å². The summed E-state index contributed by atoms with van der Waals surface area (Å²) in [5.74, 6) is 0.0416. The molecular formula is C19H12ClN3O4. The molecule has 0 atom stereocenters. The van der Waals surface area contributed by atoms with Gasteiger partial charge >= 0.3 is 0 Å². The Bertz CT molecular complexity index is 1140. The van der Waals surface area contributed by atoms with Crippen LogP contribution in [0.2, 0.25) is 5.02 Å². The third-order valence-corrected chi connectivity index (χ3v) is 4.33. The van der Waals surface area contributed by atoms with E-state index in [-0.39, 0.29) is 21.8 Å². The molecule has 1 aromatic heterocycles. The van der Waals surface area contributed by atoms with Gasteiger partial charge in [-0.1, -0.05) is 11.6 Å². The van der Waals surface area contributed by atoms with E-state index in [4.69, 9.17) is 16.3 Å². The van der Waals surface area contributed by atoms with Crippen molar-refractivity contribution in [3.05, 3.63) is 74.4 Å². The molecule has 0 aliphatic heterocycles. The van der Waals surface area contributed by atoms with Crippen molar-refractivity contribution >= 4 is 40.1 Å². The number of benzene rings is 2. The Balaban J connectivity index is 2.08. The number of Topliss-reactive ketones (excluding diaryl/α,β-unsaturated/α-hetero) is 1. The van der Waals surface area contributed by atoms with Gasteiger partial charge in [-0.3, -0.25) is 14.9 Å². The van der Waals surface area contributed by atoms with Crippen LogP contribution >= 0.6 is 11.6 Å². The molecule has 0 saturated heterocycles. The van der Waals surface area contributed by atoms with E-state index in [0.717, 1.165) is 0 Å². The van der Waals surface area contributed by atoms with Crippen LogP contribution < -0.4 is 4.74 Å².